The van der Waals surface area contributed by atoms with Crippen molar-refractivity contribution in [1.29, 1.82) is 0 Å². The molecule has 2 aliphatic rings. The zero-order chi connectivity index (χ0) is 9.71. The van der Waals surface area contributed by atoms with Gasteiger partial charge in [0.05, 0.1) is 15.8 Å². The molecular weight excluding hydrogens is 230 g/mol. The second-order valence-corrected chi connectivity index (χ2v) is 5.58. The molecule has 1 nitrogen and oxygen atoms in total. The number of hydrogen-bond acceptors (Lipinski definition) is 3. The Morgan fingerprint density at radius 3 is 2.86 bits per heavy atom. The molecule has 0 radical (unpaired) electrons. The van der Waals surface area contributed by atoms with E-state index in [1.807, 2.05) is 12.1 Å². The highest BCUT2D eigenvalue weighted by molar-refractivity contribution is 8.38. The summed E-state index contributed by atoms with van der Waals surface area (Å²) in [4.78, 5) is 4.37. The SMILES string of the molecule is S=C1N=C2c3ccccc3[C@H]2C(=S)S1. The Bertz CT molecular complexity index is 490. The molecule has 0 fully saturated rings. The molecule has 1 aliphatic heterocycles. The molecule has 68 valence electrons. The summed E-state index contributed by atoms with van der Waals surface area (Å²) in [6.07, 6.45) is 0. The van der Waals surface area contributed by atoms with Crippen molar-refractivity contribution in [3.05, 3.63) is 35.4 Å². The maximum absolute atomic E-state index is 5.30. The second kappa shape index (κ2) is 2.95. The highest BCUT2D eigenvalue weighted by Crippen LogP contribution is 2.43. The first-order chi connectivity index (χ1) is 6.77. The van der Waals surface area contributed by atoms with Crippen LogP contribution in [0.15, 0.2) is 29.3 Å². The fourth-order valence-corrected chi connectivity index (χ4v) is 3.51. The van der Waals surface area contributed by atoms with Crippen molar-refractivity contribution in [2.24, 2.45) is 4.99 Å². The number of thiocarbonyl (C=S) groups is 2. The smallest absolute Gasteiger partial charge is 0.165 e. The normalized spacial score (nSPS) is 23.4. The van der Waals surface area contributed by atoms with Gasteiger partial charge in [0, 0.05) is 5.56 Å². The number of thioether (sulfide) groups is 1. The van der Waals surface area contributed by atoms with E-state index in [1.165, 1.54) is 22.9 Å². The molecule has 0 N–H and O–H groups in total. The molecule has 0 unspecified atom stereocenters. The number of rotatable bonds is 0. The molecule has 0 amide bonds. The lowest BCUT2D eigenvalue weighted by atomic mass is 9.76. The molecule has 14 heavy (non-hydrogen) atoms. The highest BCUT2D eigenvalue weighted by atomic mass is 32.2. The van der Waals surface area contributed by atoms with Crippen molar-refractivity contribution in [2.75, 3.05) is 0 Å². The van der Waals surface area contributed by atoms with E-state index in [0.29, 0.717) is 4.32 Å². The Labute approximate surface area is 96.6 Å². The van der Waals surface area contributed by atoms with Gasteiger partial charge in [0.1, 0.15) is 0 Å². The number of hydrogen-bond donors (Lipinski definition) is 0. The minimum Gasteiger partial charge on any atom is -0.233 e. The van der Waals surface area contributed by atoms with Gasteiger partial charge in [-0.05, 0) is 5.56 Å². The van der Waals surface area contributed by atoms with Crippen molar-refractivity contribution < 1.29 is 0 Å². The van der Waals surface area contributed by atoms with Gasteiger partial charge in [-0.1, -0.05) is 60.5 Å². The van der Waals surface area contributed by atoms with Gasteiger partial charge in [-0.3, -0.25) is 0 Å². The van der Waals surface area contributed by atoms with Gasteiger partial charge in [0.25, 0.3) is 0 Å². The molecule has 1 aromatic rings. The minimum atomic E-state index is 0.248. The third-order valence-electron chi connectivity index (χ3n) is 2.46. The van der Waals surface area contributed by atoms with Gasteiger partial charge >= 0.3 is 0 Å². The molecular formula is C10H5NS3. The molecule has 0 saturated carbocycles. The predicted octanol–water partition coefficient (Wildman–Crippen LogP) is 2.93. The van der Waals surface area contributed by atoms with Gasteiger partial charge in [0.2, 0.25) is 0 Å². The van der Waals surface area contributed by atoms with Gasteiger partial charge in [0.15, 0.2) is 4.32 Å². The van der Waals surface area contributed by atoms with Crippen LogP contribution in [-0.2, 0) is 0 Å². The van der Waals surface area contributed by atoms with Crippen molar-refractivity contribution in [2.45, 2.75) is 5.92 Å². The lowest BCUT2D eigenvalue weighted by molar-refractivity contribution is 1.14. The second-order valence-electron chi connectivity index (χ2n) is 3.20. The van der Waals surface area contributed by atoms with Crippen molar-refractivity contribution in [1.82, 2.24) is 0 Å². The van der Waals surface area contributed by atoms with Crippen molar-refractivity contribution >= 4 is 50.4 Å². The van der Waals surface area contributed by atoms with Crippen LogP contribution in [0.3, 0.4) is 0 Å². The Hall–Kier alpha value is -0.580. The third-order valence-corrected chi connectivity index (χ3v) is 3.99. The summed E-state index contributed by atoms with van der Waals surface area (Å²) in [6, 6.07) is 8.24. The van der Waals surface area contributed by atoms with Crippen LogP contribution in [0.2, 0.25) is 0 Å². The van der Waals surface area contributed by atoms with Crippen LogP contribution in [0.1, 0.15) is 17.0 Å². The first-order valence-corrected chi connectivity index (χ1v) is 5.84. The van der Waals surface area contributed by atoms with Crippen LogP contribution < -0.4 is 0 Å². The molecule has 0 spiro atoms. The van der Waals surface area contributed by atoms with E-state index >= 15 is 0 Å². The Kier molecular flexibility index (Phi) is 1.84. The van der Waals surface area contributed by atoms with Crippen LogP contribution in [0.25, 0.3) is 0 Å². The standard InChI is InChI=1S/C10H5NS3/c12-9-7-5-3-1-2-4-6(5)8(7)11-10(13)14-9/h1-4,7H/t7-/m1/s1. The summed E-state index contributed by atoms with van der Waals surface area (Å²) >= 11 is 11.8. The maximum Gasteiger partial charge on any atom is 0.165 e. The zero-order valence-electron chi connectivity index (χ0n) is 7.06. The summed E-state index contributed by atoms with van der Waals surface area (Å²) in [5.41, 5.74) is 3.57. The van der Waals surface area contributed by atoms with E-state index in [-0.39, 0.29) is 5.92 Å². The van der Waals surface area contributed by atoms with Crippen LogP contribution >= 0.6 is 36.2 Å². The van der Waals surface area contributed by atoms with E-state index in [9.17, 15) is 0 Å². The average Bonchev–Trinajstić information content (AvgIpc) is 2.14. The van der Waals surface area contributed by atoms with Crippen LogP contribution in [-0.4, -0.2) is 14.2 Å². The first kappa shape index (κ1) is 8.71. The lowest BCUT2D eigenvalue weighted by Crippen LogP contribution is -2.35. The minimum absolute atomic E-state index is 0.248. The van der Waals surface area contributed by atoms with E-state index in [2.05, 4.69) is 17.1 Å². The fraction of sp³-hybridized carbons (Fsp3) is 0.100. The summed E-state index contributed by atoms with van der Waals surface area (Å²) in [6.45, 7) is 0. The topological polar surface area (TPSA) is 12.4 Å². The van der Waals surface area contributed by atoms with Crippen molar-refractivity contribution in [3.8, 4) is 0 Å². The van der Waals surface area contributed by atoms with Gasteiger partial charge < -0.3 is 0 Å². The molecule has 1 heterocycles. The van der Waals surface area contributed by atoms with E-state index in [4.69, 9.17) is 24.4 Å². The molecule has 1 atom stereocenters. The molecule has 0 aromatic heterocycles. The van der Waals surface area contributed by atoms with Crippen LogP contribution in [0, 0.1) is 0 Å². The third kappa shape index (κ3) is 1.05. The molecule has 4 heteroatoms. The largest absolute Gasteiger partial charge is 0.233 e. The maximum atomic E-state index is 5.30. The van der Waals surface area contributed by atoms with Crippen LogP contribution in [0.5, 0.6) is 0 Å². The number of nitrogens with zero attached hydrogens (tertiary/aromatic N) is 1. The molecule has 3 rings (SSSR count). The highest BCUT2D eigenvalue weighted by Gasteiger charge is 2.39. The Morgan fingerprint density at radius 2 is 2.00 bits per heavy atom. The first-order valence-electron chi connectivity index (χ1n) is 4.21. The Balaban J connectivity index is 2.22. The van der Waals surface area contributed by atoms with E-state index in [0.717, 1.165) is 9.91 Å². The van der Waals surface area contributed by atoms with Gasteiger partial charge in [-0.15, -0.1) is 0 Å². The molecule has 0 bridgehead atoms. The molecule has 1 aliphatic carbocycles. The van der Waals surface area contributed by atoms with Crippen molar-refractivity contribution in [3.63, 3.8) is 0 Å². The summed E-state index contributed by atoms with van der Waals surface area (Å²) in [5.74, 6) is 0.248. The number of benzene rings is 1. The monoisotopic (exact) mass is 235 g/mol. The summed E-state index contributed by atoms with van der Waals surface area (Å²) in [5, 5.41) is 0. The van der Waals surface area contributed by atoms with Gasteiger partial charge in [-0.25, -0.2) is 4.99 Å². The zero-order valence-corrected chi connectivity index (χ0v) is 9.51. The summed E-state index contributed by atoms with van der Waals surface area (Å²) < 4.78 is 1.59. The van der Waals surface area contributed by atoms with Crippen LogP contribution in [0.4, 0.5) is 0 Å². The fourth-order valence-electron chi connectivity index (χ4n) is 1.84. The quantitative estimate of drug-likeness (QED) is 0.641. The predicted molar refractivity (Wildman–Crippen MR) is 68.5 cm³/mol. The number of aliphatic imine (C=N–C) groups is 1. The number of fused-ring (bicyclic) bond motifs is 4. The Morgan fingerprint density at radius 1 is 1.21 bits per heavy atom. The molecule has 1 aromatic carbocycles. The molecule has 0 saturated heterocycles. The van der Waals surface area contributed by atoms with E-state index < -0.39 is 0 Å². The lowest BCUT2D eigenvalue weighted by Gasteiger charge is -2.34. The summed E-state index contributed by atoms with van der Waals surface area (Å²) in [7, 11) is 0. The average molecular weight is 235 g/mol. The van der Waals surface area contributed by atoms with E-state index in [1.54, 1.807) is 0 Å². The van der Waals surface area contributed by atoms with Gasteiger partial charge in [-0.2, -0.15) is 0 Å².